The second-order valence-electron chi connectivity index (χ2n) is 4.97. The van der Waals surface area contributed by atoms with Crippen LogP contribution in [0.1, 0.15) is 25.8 Å². The molecule has 0 bridgehead atoms. The Kier molecular flexibility index (Phi) is 6.57. The highest BCUT2D eigenvalue weighted by Gasteiger charge is 2.18. The SMILES string of the molecule is CCCN(CC)CCNS(=O)(=O)c1cc(N)c(F)cc1C. The number of anilines is 1. The molecule has 7 heteroatoms. The maximum atomic E-state index is 13.3. The van der Waals surface area contributed by atoms with Crippen molar-refractivity contribution < 1.29 is 12.8 Å². The zero-order valence-electron chi connectivity index (χ0n) is 12.8. The molecule has 0 radical (unpaired) electrons. The summed E-state index contributed by atoms with van der Waals surface area (Å²) in [5, 5.41) is 0. The van der Waals surface area contributed by atoms with E-state index in [9.17, 15) is 12.8 Å². The second kappa shape index (κ2) is 7.72. The third-order valence-corrected chi connectivity index (χ3v) is 4.89. The number of aryl methyl sites for hydroxylation is 1. The van der Waals surface area contributed by atoms with Crippen molar-refractivity contribution in [3.8, 4) is 0 Å². The van der Waals surface area contributed by atoms with Crippen molar-refractivity contribution in [2.45, 2.75) is 32.1 Å². The van der Waals surface area contributed by atoms with E-state index in [1.165, 1.54) is 0 Å². The summed E-state index contributed by atoms with van der Waals surface area (Å²) in [6.07, 6.45) is 1.02. The van der Waals surface area contributed by atoms with Crippen LogP contribution in [0, 0.1) is 12.7 Å². The Morgan fingerprint density at radius 1 is 1.29 bits per heavy atom. The molecule has 1 aromatic rings. The lowest BCUT2D eigenvalue weighted by Gasteiger charge is -2.19. The number of hydrogen-bond donors (Lipinski definition) is 2. The number of likely N-dealkylation sites (N-methyl/N-ethyl adjacent to an activating group) is 1. The van der Waals surface area contributed by atoms with Gasteiger partial charge in [0.1, 0.15) is 5.82 Å². The van der Waals surface area contributed by atoms with Crippen LogP contribution in [0.5, 0.6) is 0 Å². The molecular formula is C14H24FN3O2S. The molecule has 120 valence electrons. The number of nitrogens with zero attached hydrogens (tertiary/aromatic N) is 1. The molecule has 0 aliphatic heterocycles. The Bertz CT molecular complexity index is 576. The minimum Gasteiger partial charge on any atom is -0.396 e. The highest BCUT2D eigenvalue weighted by molar-refractivity contribution is 7.89. The molecule has 0 fully saturated rings. The number of rotatable bonds is 8. The van der Waals surface area contributed by atoms with E-state index in [1.54, 1.807) is 6.92 Å². The van der Waals surface area contributed by atoms with E-state index in [-0.39, 0.29) is 10.6 Å². The quantitative estimate of drug-likeness (QED) is 0.716. The third kappa shape index (κ3) is 4.94. The van der Waals surface area contributed by atoms with E-state index in [2.05, 4.69) is 16.5 Å². The van der Waals surface area contributed by atoms with Crippen LogP contribution in [0.2, 0.25) is 0 Å². The summed E-state index contributed by atoms with van der Waals surface area (Å²) < 4.78 is 40.3. The van der Waals surface area contributed by atoms with Gasteiger partial charge < -0.3 is 10.6 Å². The number of benzene rings is 1. The average Bonchev–Trinajstić information content (AvgIpc) is 2.41. The van der Waals surface area contributed by atoms with E-state index in [0.29, 0.717) is 18.7 Å². The van der Waals surface area contributed by atoms with E-state index < -0.39 is 15.8 Å². The number of nitrogens with two attached hydrogens (primary N) is 1. The van der Waals surface area contributed by atoms with Crippen molar-refractivity contribution in [1.82, 2.24) is 9.62 Å². The van der Waals surface area contributed by atoms with Gasteiger partial charge in [0.05, 0.1) is 10.6 Å². The molecule has 0 saturated carbocycles. The van der Waals surface area contributed by atoms with Crippen LogP contribution >= 0.6 is 0 Å². The van der Waals surface area contributed by atoms with Gasteiger partial charge in [0.15, 0.2) is 0 Å². The van der Waals surface area contributed by atoms with Gasteiger partial charge in [0.2, 0.25) is 10.0 Å². The molecule has 0 heterocycles. The molecule has 0 saturated heterocycles. The minimum absolute atomic E-state index is 0.0277. The van der Waals surface area contributed by atoms with Gasteiger partial charge in [-0.2, -0.15) is 0 Å². The van der Waals surface area contributed by atoms with E-state index >= 15 is 0 Å². The average molecular weight is 317 g/mol. The second-order valence-corrected chi connectivity index (χ2v) is 6.71. The van der Waals surface area contributed by atoms with Crippen molar-refractivity contribution >= 4 is 15.7 Å². The smallest absolute Gasteiger partial charge is 0.240 e. The van der Waals surface area contributed by atoms with Gasteiger partial charge >= 0.3 is 0 Å². The third-order valence-electron chi connectivity index (χ3n) is 3.29. The summed E-state index contributed by atoms with van der Waals surface area (Å²) in [5.74, 6) is -0.605. The Labute approximate surface area is 126 Å². The fraction of sp³-hybridized carbons (Fsp3) is 0.571. The molecule has 0 amide bonds. The van der Waals surface area contributed by atoms with Gasteiger partial charge in [-0.15, -0.1) is 0 Å². The fourth-order valence-corrected chi connectivity index (χ4v) is 3.40. The zero-order chi connectivity index (χ0) is 16.0. The molecule has 0 spiro atoms. The maximum Gasteiger partial charge on any atom is 0.240 e. The first-order chi connectivity index (χ1) is 9.81. The maximum absolute atomic E-state index is 13.3. The molecule has 1 rings (SSSR count). The topological polar surface area (TPSA) is 75.4 Å². The standard InChI is InChI=1S/C14H24FN3O2S/c1-4-7-18(5-2)8-6-17-21(19,20)14-10-13(16)12(15)9-11(14)3/h9-10,17H,4-8,16H2,1-3H3. The summed E-state index contributed by atoms with van der Waals surface area (Å²) in [6, 6.07) is 2.30. The lowest BCUT2D eigenvalue weighted by molar-refractivity contribution is 0.293. The van der Waals surface area contributed by atoms with Gasteiger partial charge in [-0.05, 0) is 44.1 Å². The van der Waals surface area contributed by atoms with Gasteiger partial charge in [0, 0.05) is 13.1 Å². The highest BCUT2D eigenvalue weighted by Crippen LogP contribution is 2.21. The summed E-state index contributed by atoms with van der Waals surface area (Å²) in [4.78, 5) is 2.19. The normalized spacial score (nSPS) is 12.0. The molecule has 1 aromatic carbocycles. The van der Waals surface area contributed by atoms with Crippen molar-refractivity contribution in [2.75, 3.05) is 31.9 Å². The first-order valence-corrected chi connectivity index (χ1v) is 8.57. The number of nitrogens with one attached hydrogen (secondary N) is 1. The Hall–Kier alpha value is -1.18. The largest absolute Gasteiger partial charge is 0.396 e. The summed E-state index contributed by atoms with van der Waals surface area (Å²) in [7, 11) is -3.67. The summed E-state index contributed by atoms with van der Waals surface area (Å²) in [5.41, 5.74) is 5.63. The van der Waals surface area contributed by atoms with Crippen LogP contribution in [-0.4, -0.2) is 39.5 Å². The zero-order valence-corrected chi connectivity index (χ0v) is 13.6. The molecule has 0 unspecified atom stereocenters. The Morgan fingerprint density at radius 3 is 2.52 bits per heavy atom. The van der Waals surface area contributed by atoms with E-state index in [1.807, 2.05) is 6.92 Å². The van der Waals surface area contributed by atoms with Crippen LogP contribution in [0.25, 0.3) is 0 Å². The Balaban J connectivity index is 2.76. The number of hydrogen-bond acceptors (Lipinski definition) is 4. The van der Waals surface area contributed by atoms with Crippen molar-refractivity contribution in [3.05, 3.63) is 23.5 Å². The predicted octanol–water partition coefficient (Wildman–Crippen LogP) is 1.73. The predicted molar refractivity (Wildman–Crippen MR) is 83.1 cm³/mol. The van der Waals surface area contributed by atoms with Crippen molar-refractivity contribution in [3.63, 3.8) is 0 Å². The molecular weight excluding hydrogens is 293 g/mol. The molecule has 3 N–H and O–H groups in total. The lowest BCUT2D eigenvalue weighted by atomic mass is 10.2. The molecule has 21 heavy (non-hydrogen) atoms. The van der Waals surface area contributed by atoms with Crippen molar-refractivity contribution in [2.24, 2.45) is 0 Å². The molecule has 0 aliphatic carbocycles. The molecule has 5 nitrogen and oxygen atoms in total. The van der Waals surface area contributed by atoms with Crippen LogP contribution in [0.4, 0.5) is 10.1 Å². The van der Waals surface area contributed by atoms with Gasteiger partial charge in [-0.1, -0.05) is 13.8 Å². The van der Waals surface area contributed by atoms with Crippen LogP contribution in [-0.2, 0) is 10.0 Å². The van der Waals surface area contributed by atoms with Gasteiger partial charge in [-0.3, -0.25) is 0 Å². The van der Waals surface area contributed by atoms with Crippen LogP contribution in [0.15, 0.2) is 17.0 Å². The number of nitrogen functional groups attached to an aromatic ring is 1. The first kappa shape index (κ1) is 17.9. The number of halogens is 1. The fourth-order valence-electron chi connectivity index (χ4n) is 2.12. The summed E-state index contributed by atoms with van der Waals surface area (Å²) >= 11 is 0. The molecule has 0 atom stereocenters. The Morgan fingerprint density at radius 2 is 1.95 bits per heavy atom. The number of sulfonamides is 1. The minimum atomic E-state index is -3.67. The van der Waals surface area contributed by atoms with Crippen LogP contribution < -0.4 is 10.5 Å². The lowest BCUT2D eigenvalue weighted by Crippen LogP contribution is -2.35. The summed E-state index contributed by atoms with van der Waals surface area (Å²) in [6.45, 7) is 8.42. The van der Waals surface area contributed by atoms with Crippen LogP contribution in [0.3, 0.4) is 0 Å². The van der Waals surface area contributed by atoms with Crippen molar-refractivity contribution in [1.29, 1.82) is 0 Å². The highest BCUT2D eigenvalue weighted by atomic mass is 32.2. The van der Waals surface area contributed by atoms with Gasteiger partial charge in [-0.25, -0.2) is 17.5 Å². The molecule has 0 aliphatic rings. The first-order valence-electron chi connectivity index (χ1n) is 7.09. The molecule has 0 aromatic heterocycles. The monoisotopic (exact) mass is 317 g/mol. The van der Waals surface area contributed by atoms with Gasteiger partial charge in [0.25, 0.3) is 0 Å². The van der Waals surface area contributed by atoms with E-state index in [4.69, 9.17) is 5.73 Å². The van der Waals surface area contributed by atoms with E-state index in [0.717, 1.165) is 31.6 Å².